The van der Waals surface area contributed by atoms with E-state index in [4.69, 9.17) is 9.47 Å². The van der Waals surface area contributed by atoms with E-state index >= 15 is 0 Å². The minimum absolute atomic E-state index is 0.226. The van der Waals surface area contributed by atoms with E-state index in [1.54, 1.807) is 13.8 Å². The van der Waals surface area contributed by atoms with Gasteiger partial charge in [-0.1, -0.05) is 30.3 Å². The second-order valence-corrected chi connectivity index (χ2v) is 6.63. The predicted molar refractivity (Wildman–Crippen MR) is 80.9 cm³/mol. The molecule has 0 aliphatic carbocycles. The summed E-state index contributed by atoms with van der Waals surface area (Å²) < 4.78 is 11.5. The molecule has 1 fully saturated rings. The minimum Gasteiger partial charge on any atom is -0.388 e. The predicted octanol–water partition coefficient (Wildman–Crippen LogP) is 2.27. The van der Waals surface area contributed by atoms with Gasteiger partial charge in [0.2, 0.25) is 0 Å². The molecule has 0 saturated carbocycles. The van der Waals surface area contributed by atoms with Crippen LogP contribution in [0.15, 0.2) is 30.3 Å². The number of aliphatic hydroxyl groups excluding tert-OH is 1. The summed E-state index contributed by atoms with van der Waals surface area (Å²) in [6.45, 7) is 6.06. The Labute approximate surface area is 126 Å². The molecule has 1 aromatic rings. The molecular weight excluding hydrogens is 268 g/mol. The highest BCUT2D eigenvalue weighted by Crippen LogP contribution is 2.37. The van der Waals surface area contributed by atoms with Crippen molar-refractivity contribution in [2.45, 2.75) is 63.6 Å². The summed E-state index contributed by atoms with van der Waals surface area (Å²) in [5.74, 6) is 0. The smallest absolute Gasteiger partial charge is 0.106 e. The molecule has 0 unspecified atom stereocenters. The van der Waals surface area contributed by atoms with Crippen molar-refractivity contribution in [3.8, 4) is 0 Å². The third kappa shape index (κ3) is 4.27. The molecule has 0 amide bonds. The highest BCUT2D eigenvalue weighted by molar-refractivity contribution is 5.13. The molecule has 1 aliphatic heterocycles. The molecule has 0 bridgehead atoms. The largest absolute Gasteiger partial charge is 0.388 e. The highest BCUT2D eigenvalue weighted by atomic mass is 16.6. The van der Waals surface area contributed by atoms with Gasteiger partial charge >= 0.3 is 0 Å². The van der Waals surface area contributed by atoms with Crippen LogP contribution in [0.5, 0.6) is 0 Å². The van der Waals surface area contributed by atoms with Crippen LogP contribution in [-0.2, 0) is 16.1 Å². The molecule has 2 rings (SSSR count). The average Bonchev–Trinajstić information content (AvgIpc) is 2.84. The molecular formula is C17H26O4. The van der Waals surface area contributed by atoms with Crippen LogP contribution in [0.4, 0.5) is 0 Å². The van der Waals surface area contributed by atoms with Crippen LogP contribution < -0.4 is 0 Å². The maximum atomic E-state index is 10.3. The molecule has 0 spiro atoms. The molecule has 4 nitrogen and oxygen atoms in total. The molecule has 1 heterocycles. The van der Waals surface area contributed by atoms with Crippen molar-refractivity contribution in [3.63, 3.8) is 0 Å². The number of hydrogen-bond acceptors (Lipinski definition) is 4. The van der Waals surface area contributed by atoms with E-state index in [-0.39, 0.29) is 12.7 Å². The third-order valence-electron chi connectivity index (χ3n) is 4.19. The van der Waals surface area contributed by atoms with Gasteiger partial charge in [0.25, 0.3) is 0 Å². The van der Waals surface area contributed by atoms with Crippen molar-refractivity contribution < 1.29 is 19.7 Å². The normalized spacial score (nSPS) is 27.8. The molecule has 4 heteroatoms. The Hall–Kier alpha value is -0.940. The van der Waals surface area contributed by atoms with Gasteiger partial charge in [0.1, 0.15) is 6.10 Å². The van der Waals surface area contributed by atoms with Crippen LogP contribution in [0.1, 0.15) is 39.2 Å². The first-order valence-electron chi connectivity index (χ1n) is 7.51. The fourth-order valence-electron chi connectivity index (χ4n) is 2.64. The lowest BCUT2D eigenvalue weighted by atomic mass is 9.94. The summed E-state index contributed by atoms with van der Waals surface area (Å²) in [5.41, 5.74) is -0.458. The van der Waals surface area contributed by atoms with Crippen LogP contribution in [0.2, 0.25) is 0 Å². The Bertz CT molecular complexity index is 440. The number of ether oxygens (including phenoxy) is 2. The van der Waals surface area contributed by atoms with E-state index in [2.05, 4.69) is 0 Å². The van der Waals surface area contributed by atoms with E-state index in [1.807, 2.05) is 37.3 Å². The summed E-state index contributed by atoms with van der Waals surface area (Å²) in [6.07, 6.45) is 0.521. The van der Waals surface area contributed by atoms with Gasteiger partial charge in [0.05, 0.1) is 30.5 Å². The van der Waals surface area contributed by atoms with Crippen molar-refractivity contribution in [2.75, 3.05) is 6.61 Å². The number of rotatable bonds is 6. The summed E-state index contributed by atoms with van der Waals surface area (Å²) >= 11 is 0. The first-order chi connectivity index (χ1) is 9.81. The topological polar surface area (TPSA) is 58.9 Å². The molecule has 0 radical (unpaired) electrons. The summed E-state index contributed by atoms with van der Waals surface area (Å²) in [6, 6.07) is 9.87. The SMILES string of the molecule is CC(C)(O)[C@H]1CC[C@@](C)([C@@H](O)COCc2ccccc2)O1. The Kier molecular flexibility index (Phi) is 5.04. The average molecular weight is 294 g/mol. The van der Waals surface area contributed by atoms with Crippen molar-refractivity contribution in [1.29, 1.82) is 0 Å². The lowest BCUT2D eigenvalue weighted by Gasteiger charge is -2.33. The highest BCUT2D eigenvalue weighted by Gasteiger charge is 2.46. The number of aliphatic hydroxyl groups is 2. The third-order valence-corrected chi connectivity index (χ3v) is 4.19. The second kappa shape index (κ2) is 6.44. The Morgan fingerprint density at radius 1 is 1.38 bits per heavy atom. The maximum absolute atomic E-state index is 10.3. The van der Waals surface area contributed by atoms with Crippen LogP contribution in [-0.4, -0.2) is 40.2 Å². The van der Waals surface area contributed by atoms with Gasteiger partial charge in [-0.3, -0.25) is 0 Å². The number of benzene rings is 1. The van der Waals surface area contributed by atoms with Gasteiger partial charge in [-0.25, -0.2) is 0 Å². The van der Waals surface area contributed by atoms with Crippen LogP contribution in [0.25, 0.3) is 0 Å². The van der Waals surface area contributed by atoms with Gasteiger partial charge in [-0.2, -0.15) is 0 Å². The van der Waals surface area contributed by atoms with Crippen LogP contribution >= 0.6 is 0 Å². The lowest BCUT2D eigenvalue weighted by molar-refractivity contribution is -0.165. The molecule has 3 atom stereocenters. The molecule has 1 saturated heterocycles. The van der Waals surface area contributed by atoms with Gasteiger partial charge < -0.3 is 19.7 Å². The van der Waals surface area contributed by atoms with Crippen molar-refractivity contribution >= 4 is 0 Å². The van der Waals surface area contributed by atoms with E-state index in [0.29, 0.717) is 6.61 Å². The summed E-state index contributed by atoms with van der Waals surface area (Å²) in [4.78, 5) is 0. The van der Waals surface area contributed by atoms with E-state index in [1.165, 1.54) is 0 Å². The molecule has 21 heavy (non-hydrogen) atoms. The summed E-state index contributed by atoms with van der Waals surface area (Å²) in [7, 11) is 0. The van der Waals surface area contributed by atoms with Crippen molar-refractivity contribution in [1.82, 2.24) is 0 Å². The number of hydrogen-bond donors (Lipinski definition) is 2. The lowest BCUT2D eigenvalue weighted by Crippen LogP contribution is -2.45. The fourth-order valence-corrected chi connectivity index (χ4v) is 2.64. The van der Waals surface area contributed by atoms with E-state index in [0.717, 1.165) is 18.4 Å². The second-order valence-electron chi connectivity index (χ2n) is 6.63. The Morgan fingerprint density at radius 2 is 2.05 bits per heavy atom. The maximum Gasteiger partial charge on any atom is 0.106 e. The van der Waals surface area contributed by atoms with E-state index in [9.17, 15) is 10.2 Å². The Morgan fingerprint density at radius 3 is 2.62 bits per heavy atom. The van der Waals surface area contributed by atoms with Gasteiger partial charge in [0, 0.05) is 0 Å². The molecule has 1 aromatic carbocycles. The molecule has 1 aliphatic rings. The zero-order valence-electron chi connectivity index (χ0n) is 13.1. The van der Waals surface area contributed by atoms with Crippen molar-refractivity contribution in [2.24, 2.45) is 0 Å². The quantitative estimate of drug-likeness (QED) is 0.845. The zero-order valence-corrected chi connectivity index (χ0v) is 13.1. The van der Waals surface area contributed by atoms with Crippen molar-refractivity contribution in [3.05, 3.63) is 35.9 Å². The zero-order chi connectivity index (χ0) is 15.5. The van der Waals surface area contributed by atoms with Crippen LogP contribution in [0.3, 0.4) is 0 Å². The molecule has 2 N–H and O–H groups in total. The summed E-state index contributed by atoms with van der Waals surface area (Å²) in [5, 5.41) is 20.4. The van der Waals surface area contributed by atoms with Gasteiger partial charge in [0.15, 0.2) is 0 Å². The molecule has 0 aromatic heterocycles. The monoisotopic (exact) mass is 294 g/mol. The van der Waals surface area contributed by atoms with Gasteiger partial charge in [-0.15, -0.1) is 0 Å². The fraction of sp³-hybridized carbons (Fsp3) is 0.647. The first-order valence-corrected chi connectivity index (χ1v) is 7.51. The molecule has 118 valence electrons. The minimum atomic E-state index is -0.887. The standard InChI is InChI=1S/C17H26O4/c1-16(2,19)15-9-10-17(3,21-15)14(18)12-20-11-13-7-5-4-6-8-13/h4-8,14-15,18-19H,9-12H2,1-3H3/t14-,15+,17-/m0/s1. The Balaban J connectivity index is 1.82. The first kappa shape index (κ1) is 16.4. The van der Waals surface area contributed by atoms with Crippen LogP contribution in [0, 0.1) is 0 Å². The van der Waals surface area contributed by atoms with E-state index < -0.39 is 17.3 Å². The van der Waals surface area contributed by atoms with Gasteiger partial charge in [-0.05, 0) is 39.2 Å².